The highest BCUT2D eigenvalue weighted by Gasteiger charge is 2.20. The zero-order chi connectivity index (χ0) is 19.2. The molecule has 1 atom stereocenters. The monoisotopic (exact) mass is 395 g/mol. The molecule has 142 valence electrons. The zero-order valence-electron chi connectivity index (χ0n) is 15.2. The maximum absolute atomic E-state index is 12.6. The van der Waals surface area contributed by atoms with Crippen LogP contribution in [-0.4, -0.2) is 45.9 Å². The van der Waals surface area contributed by atoms with Crippen molar-refractivity contribution < 1.29 is 13.2 Å². The fraction of sp³-hybridized carbons (Fsp3) is 0.389. The van der Waals surface area contributed by atoms with Crippen molar-refractivity contribution in [2.45, 2.75) is 30.1 Å². The lowest BCUT2D eigenvalue weighted by atomic mass is 10.1. The van der Waals surface area contributed by atoms with Gasteiger partial charge in [0.1, 0.15) is 4.21 Å². The molecule has 1 aromatic heterocycles. The van der Waals surface area contributed by atoms with Crippen LogP contribution in [0.2, 0.25) is 0 Å². The fourth-order valence-corrected chi connectivity index (χ4v) is 4.82. The van der Waals surface area contributed by atoms with Crippen LogP contribution in [0.1, 0.15) is 17.4 Å². The van der Waals surface area contributed by atoms with Crippen LogP contribution in [0, 0.1) is 0 Å². The van der Waals surface area contributed by atoms with Crippen LogP contribution in [-0.2, 0) is 27.8 Å². The molecule has 0 saturated heterocycles. The van der Waals surface area contributed by atoms with E-state index in [0.29, 0.717) is 13.1 Å². The molecule has 0 aliphatic heterocycles. The summed E-state index contributed by atoms with van der Waals surface area (Å²) in [6, 6.07) is 13.4. The van der Waals surface area contributed by atoms with E-state index < -0.39 is 10.0 Å². The Morgan fingerprint density at radius 1 is 1.15 bits per heavy atom. The molecule has 1 amide bonds. The number of nitrogens with one attached hydrogen (secondary N) is 2. The van der Waals surface area contributed by atoms with Crippen LogP contribution in [0.5, 0.6) is 0 Å². The molecule has 2 aromatic rings. The summed E-state index contributed by atoms with van der Waals surface area (Å²) in [5.74, 6) is -0.143. The number of nitrogens with zero attached hydrogens (tertiary/aromatic N) is 1. The minimum absolute atomic E-state index is 0.0472. The van der Waals surface area contributed by atoms with Crippen molar-refractivity contribution in [3.05, 3.63) is 52.9 Å². The number of likely N-dealkylation sites (N-methyl/N-ethyl adjacent to an activating group) is 1. The molecule has 2 rings (SSSR count). The largest absolute Gasteiger partial charge is 0.351 e. The van der Waals surface area contributed by atoms with Gasteiger partial charge in [-0.2, -0.15) is 0 Å². The zero-order valence-corrected chi connectivity index (χ0v) is 16.9. The predicted octanol–water partition coefficient (Wildman–Crippen LogP) is 1.84. The summed E-state index contributed by atoms with van der Waals surface area (Å²) in [5, 5.41) is 2.67. The molecule has 0 spiro atoms. The number of rotatable bonds is 9. The van der Waals surface area contributed by atoms with Crippen LogP contribution in [0.15, 0.2) is 46.7 Å². The van der Waals surface area contributed by atoms with Gasteiger partial charge in [0.25, 0.3) is 0 Å². The lowest BCUT2D eigenvalue weighted by molar-refractivity contribution is -0.119. The molecule has 1 unspecified atom stereocenters. The normalized spacial score (nSPS) is 12.9. The number of benzene rings is 1. The van der Waals surface area contributed by atoms with Crippen LogP contribution in [0.25, 0.3) is 0 Å². The van der Waals surface area contributed by atoms with E-state index in [1.165, 1.54) is 23.8 Å². The highest BCUT2D eigenvalue weighted by molar-refractivity contribution is 7.91. The number of hydrogen-bond donors (Lipinski definition) is 2. The molecule has 6 nitrogen and oxygen atoms in total. The third kappa shape index (κ3) is 6.21. The predicted molar refractivity (Wildman–Crippen MR) is 105 cm³/mol. The molecule has 0 fully saturated rings. The van der Waals surface area contributed by atoms with Crippen LogP contribution in [0.4, 0.5) is 0 Å². The van der Waals surface area contributed by atoms with Gasteiger partial charge in [-0.15, -0.1) is 11.3 Å². The minimum atomic E-state index is -3.57. The van der Waals surface area contributed by atoms with Crippen LogP contribution < -0.4 is 10.0 Å². The molecular formula is C18H25N3O3S2. The van der Waals surface area contributed by atoms with E-state index in [1.807, 2.05) is 49.3 Å². The summed E-state index contributed by atoms with van der Waals surface area (Å²) >= 11 is 1.17. The Labute approximate surface area is 159 Å². The highest BCUT2D eigenvalue weighted by atomic mass is 32.2. The second-order valence-electron chi connectivity index (χ2n) is 6.29. The lowest BCUT2D eigenvalue weighted by Crippen LogP contribution is -2.41. The molecule has 0 aliphatic carbocycles. The van der Waals surface area contributed by atoms with Crippen LogP contribution in [0.3, 0.4) is 0 Å². The molecule has 1 heterocycles. The Bertz CT molecular complexity index is 817. The first-order chi connectivity index (χ1) is 12.3. The van der Waals surface area contributed by atoms with Gasteiger partial charge in [-0.25, -0.2) is 13.1 Å². The average Bonchev–Trinajstić information content (AvgIpc) is 3.07. The van der Waals surface area contributed by atoms with Gasteiger partial charge in [-0.1, -0.05) is 30.3 Å². The molecular weight excluding hydrogens is 370 g/mol. The summed E-state index contributed by atoms with van der Waals surface area (Å²) in [4.78, 5) is 13.8. The van der Waals surface area contributed by atoms with Crippen molar-refractivity contribution in [3.8, 4) is 0 Å². The van der Waals surface area contributed by atoms with Crippen molar-refractivity contribution in [1.82, 2.24) is 14.9 Å². The highest BCUT2D eigenvalue weighted by Crippen LogP contribution is 2.21. The molecule has 1 aromatic carbocycles. The molecule has 0 radical (unpaired) electrons. The molecule has 2 N–H and O–H groups in total. The smallest absolute Gasteiger partial charge is 0.250 e. The second-order valence-corrected chi connectivity index (χ2v) is 9.45. The van der Waals surface area contributed by atoms with Gasteiger partial charge >= 0.3 is 0 Å². The van der Waals surface area contributed by atoms with Crippen molar-refractivity contribution in [2.24, 2.45) is 0 Å². The molecule has 0 saturated carbocycles. The maximum atomic E-state index is 12.6. The third-order valence-electron chi connectivity index (χ3n) is 3.97. The number of carbonyl (C=O) groups is 1. The second kappa shape index (κ2) is 9.27. The topological polar surface area (TPSA) is 78.5 Å². The first-order valence-corrected chi connectivity index (χ1v) is 10.6. The molecule has 8 heteroatoms. The standard InChI is InChI=1S/C18H25N3O3S2/c1-14(22)19-13-17-9-10-18(25-17)26(23,24)20-12-16(21(2)3)11-15-7-5-4-6-8-15/h4-10,16,20H,11-13H2,1-3H3,(H,19,22). The van der Waals surface area contributed by atoms with Crippen molar-refractivity contribution >= 4 is 27.3 Å². The number of thiophene rings is 1. The third-order valence-corrected chi connectivity index (χ3v) is 6.97. The molecule has 0 aliphatic rings. The summed E-state index contributed by atoms with van der Waals surface area (Å²) in [6.45, 7) is 2.09. The van der Waals surface area contributed by atoms with E-state index in [0.717, 1.165) is 11.3 Å². The summed E-state index contributed by atoms with van der Waals surface area (Å²) in [7, 11) is 0.316. The van der Waals surface area contributed by atoms with Gasteiger partial charge < -0.3 is 10.2 Å². The van der Waals surface area contributed by atoms with E-state index >= 15 is 0 Å². The van der Waals surface area contributed by atoms with Gasteiger partial charge in [-0.05, 0) is 38.2 Å². The molecule has 0 bridgehead atoms. The lowest BCUT2D eigenvalue weighted by Gasteiger charge is -2.24. The summed E-state index contributed by atoms with van der Waals surface area (Å²) in [6.07, 6.45) is 0.759. The van der Waals surface area contributed by atoms with E-state index in [1.54, 1.807) is 12.1 Å². The summed E-state index contributed by atoms with van der Waals surface area (Å²) < 4.78 is 28.1. The van der Waals surface area contributed by atoms with Gasteiger partial charge in [0.15, 0.2) is 0 Å². The Kier molecular flexibility index (Phi) is 7.33. The SMILES string of the molecule is CC(=O)NCc1ccc(S(=O)(=O)NCC(Cc2ccccc2)N(C)C)s1. The quantitative estimate of drug-likeness (QED) is 0.679. The van der Waals surface area contributed by atoms with E-state index in [2.05, 4.69) is 10.0 Å². The van der Waals surface area contributed by atoms with E-state index in [9.17, 15) is 13.2 Å². The Morgan fingerprint density at radius 2 is 1.85 bits per heavy atom. The maximum Gasteiger partial charge on any atom is 0.250 e. The average molecular weight is 396 g/mol. The minimum Gasteiger partial charge on any atom is -0.351 e. The number of sulfonamides is 1. The Balaban J connectivity index is 1.99. The van der Waals surface area contributed by atoms with Crippen LogP contribution >= 0.6 is 11.3 Å². The van der Waals surface area contributed by atoms with Gasteiger partial charge in [-0.3, -0.25) is 4.79 Å². The molecule has 26 heavy (non-hydrogen) atoms. The van der Waals surface area contributed by atoms with Crippen molar-refractivity contribution in [3.63, 3.8) is 0 Å². The van der Waals surface area contributed by atoms with E-state index in [-0.39, 0.29) is 16.2 Å². The van der Waals surface area contributed by atoms with Gasteiger partial charge in [0, 0.05) is 24.4 Å². The first kappa shape index (κ1) is 20.6. The van der Waals surface area contributed by atoms with Crippen molar-refractivity contribution in [2.75, 3.05) is 20.6 Å². The van der Waals surface area contributed by atoms with E-state index in [4.69, 9.17) is 0 Å². The number of hydrogen-bond acceptors (Lipinski definition) is 5. The number of carbonyl (C=O) groups excluding carboxylic acids is 1. The Morgan fingerprint density at radius 3 is 2.46 bits per heavy atom. The first-order valence-electron chi connectivity index (χ1n) is 8.31. The van der Waals surface area contributed by atoms with Crippen molar-refractivity contribution in [1.29, 1.82) is 0 Å². The fourth-order valence-electron chi connectivity index (χ4n) is 2.41. The number of amides is 1. The van der Waals surface area contributed by atoms with Gasteiger partial charge in [0.2, 0.25) is 15.9 Å². The Hall–Kier alpha value is -1.74. The van der Waals surface area contributed by atoms with Gasteiger partial charge in [0.05, 0.1) is 6.54 Å². The summed E-state index contributed by atoms with van der Waals surface area (Å²) in [5.41, 5.74) is 1.17.